The summed E-state index contributed by atoms with van der Waals surface area (Å²) in [5.41, 5.74) is 1.43. The number of ether oxygens (including phenoxy) is 2. The van der Waals surface area contributed by atoms with E-state index in [1.807, 2.05) is 30.3 Å². The maximum Gasteiger partial charge on any atom is 0.231 e. The van der Waals surface area contributed by atoms with Gasteiger partial charge in [0.1, 0.15) is 0 Å². The summed E-state index contributed by atoms with van der Waals surface area (Å²) in [6.07, 6.45) is 3.62. The molecule has 3 heterocycles. The van der Waals surface area contributed by atoms with E-state index in [9.17, 15) is 9.59 Å². The summed E-state index contributed by atoms with van der Waals surface area (Å²) in [6.45, 7) is 0.509. The van der Waals surface area contributed by atoms with E-state index in [-0.39, 0.29) is 25.0 Å². The predicted molar refractivity (Wildman–Crippen MR) is 103 cm³/mol. The predicted octanol–water partition coefficient (Wildman–Crippen LogP) is 2.96. The first-order valence-corrected chi connectivity index (χ1v) is 9.03. The fourth-order valence-corrected chi connectivity index (χ4v) is 3.65. The monoisotopic (exact) mass is 375 g/mol. The van der Waals surface area contributed by atoms with Crippen LogP contribution in [-0.2, 0) is 9.59 Å². The highest BCUT2D eigenvalue weighted by Crippen LogP contribution is 2.37. The van der Waals surface area contributed by atoms with Gasteiger partial charge in [0.15, 0.2) is 11.5 Å². The third kappa shape index (κ3) is 2.81. The van der Waals surface area contributed by atoms with Gasteiger partial charge in [0.2, 0.25) is 18.6 Å². The molecule has 1 saturated heterocycles. The number of amides is 2. The number of anilines is 2. The summed E-state index contributed by atoms with van der Waals surface area (Å²) < 4.78 is 10.7. The summed E-state index contributed by atoms with van der Waals surface area (Å²) in [4.78, 5) is 31.1. The van der Waals surface area contributed by atoms with Crippen molar-refractivity contribution in [3.63, 3.8) is 0 Å². The van der Waals surface area contributed by atoms with Crippen LogP contribution in [0.1, 0.15) is 6.42 Å². The van der Waals surface area contributed by atoms with Crippen molar-refractivity contribution in [1.82, 2.24) is 4.98 Å². The van der Waals surface area contributed by atoms with E-state index in [0.717, 1.165) is 16.5 Å². The molecule has 0 radical (unpaired) electrons. The van der Waals surface area contributed by atoms with E-state index in [0.29, 0.717) is 23.7 Å². The van der Waals surface area contributed by atoms with Crippen molar-refractivity contribution in [2.75, 3.05) is 23.6 Å². The van der Waals surface area contributed by atoms with Gasteiger partial charge in [0, 0.05) is 53.6 Å². The number of carbonyl (C=O) groups excluding carboxylic acids is 2. The number of carbonyl (C=O) groups is 2. The quantitative estimate of drug-likeness (QED) is 0.761. The second kappa shape index (κ2) is 6.53. The van der Waals surface area contributed by atoms with Crippen molar-refractivity contribution in [1.29, 1.82) is 0 Å². The summed E-state index contributed by atoms with van der Waals surface area (Å²) in [7, 11) is 0. The Bertz CT molecular complexity index is 1090. The number of rotatable bonds is 3. The molecule has 7 heteroatoms. The van der Waals surface area contributed by atoms with E-state index >= 15 is 0 Å². The molecule has 5 rings (SSSR count). The van der Waals surface area contributed by atoms with Gasteiger partial charge in [-0.2, -0.15) is 0 Å². The number of fused-ring (bicyclic) bond motifs is 2. The van der Waals surface area contributed by atoms with E-state index < -0.39 is 5.92 Å². The molecular weight excluding hydrogens is 358 g/mol. The Morgan fingerprint density at radius 3 is 2.96 bits per heavy atom. The Morgan fingerprint density at radius 1 is 1.14 bits per heavy atom. The number of hydrogen-bond donors (Lipinski definition) is 1. The molecule has 0 aliphatic carbocycles. The van der Waals surface area contributed by atoms with Gasteiger partial charge in [0.25, 0.3) is 0 Å². The molecule has 7 nitrogen and oxygen atoms in total. The van der Waals surface area contributed by atoms with Gasteiger partial charge in [0.05, 0.1) is 5.92 Å². The number of benzene rings is 2. The zero-order valence-electron chi connectivity index (χ0n) is 14.9. The third-order valence-corrected chi connectivity index (χ3v) is 5.10. The minimum atomic E-state index is -0.421. The van der Waals surface area contributed by atoms with Crippen LogP contribution >= 0.6 is 0 Å². The Morgan fingerprint density at radius 2 is 2.04 bits per heavy atom. The first-order chi connectivity index (χ1) is 13.7. The van der Waals surface area contributed by atoms with Crippen molar-refractivity contribution < 1.29 is 19.1 Å². The molecule has 2 aromatic carbocycles. The smallest absolute Gasteiger partial charge is 0.231 e. The third-order valence-electron chi connectivity index (χ3n) is 5.10. The Kier molecular flexibility index (Phi) is 3.86. The average Bonchev–Trinajstić information content (AvgIpc) is 3.34. The van der Waals surface area contributed by atoms with Gasteiger partial charge in [-0.25, -0.2) is 0 Å². The van der Waals surface area contributed by atoms with E-state index in [1.165, 1.54) is 0 Å². The highest BCUT2D eigenvalue weighted by molar-refractivity contribution is 6.06. The van der Waals surface area contributed by atoms with Crippen molar-refractivity contribution in [3.05, 3.63) is 54.9 Å². The van der Waals surface area contributed by atoms with Crippen LogP contribution < -0.4 is 19.7 Å². The minimum absolute atomic E-state index is 0.0823. The number of nitrogens with zero attached hydrogens (tertiary/aromatic N) is 2. The van der Waals surface area contributed by atoms with Crippen molar-refractivity contribution >= 4 is 34.0 Å². The summed E-state index contributed by atoms with van der Waals surface area (Å²) in [6, 6.07) is 12.9. The standard InChI is InChI=1S/C21H17N3O4/c25-20-8-14(11-24(20)15-4-5-18-19(9-15)28-12-27-18)21(26)23-17-3-1-2-13-10-22-7-6-16(13)17/h1-7,9-10,14H,8,11-12H2,(H,23,26). The Balaban J connectivity index is 1.34. The Hall–Kier alpha value is -3.61. The lowest BCUT2D eigenvalue weighted by Crippen LogP contribution is -2.28. The van der Waals surface area contributed by atoms with Crippen LogP contribution in [0, 0.1) is 5.92 Å². The fourth-order valence-electron chi connectivity index (χ4n) is 3.65. The average molecular weight is 375 g/mol. The number of pyridine rings is 1. The molecule has 0 bridgehead atoms. The molecule has 2 amide bonds. The zero-order chi connectivity index (χ0) is 19.1. The maximum absolute atomic E-state index is 12.8. The lowest BCUT2D eigenvalue weighted by Gasteiger charge is -2.17. The number of aromatic nitrogens is 1. The summed E-state index contributed by atoms with van der Waals surface area (Å²) in [5.74, 6) is 0.606. The Labute approximate surface area is 160 Å². The number of nitrogens with one attached hydrogen (secondary N) is 1. The molecule has 140 valence electrons. The van der Waals surface area contributed by atoms with Gasteiger partial charge in [-0.3, -0.25) is 14.6 Å². The molecule has 0 spiro atoms. The molecular formula is C21H17N3O4. The first-order valence-electron chi connectivity index (χ1n) is 9.03. The molecule has 1 atom stereocenters. The SMILES string of the molecule is O=C(Nc1cccc2cnccc12)C1CC(=O)N(c2ccc3c(c2)OCO3)C1. The van der Waals surface area contributed by atoms with Crippen LogP contribution in [0.5, 0.6) is 11.5 Å². The first kappa shape index (κ1) is 16.6. The topological polar surface area (TPSA) is 80.8 Å². The van der Waals surface area contributed by atoms with Crippen LogP contribution in [0.4, 0.5) is 11.4 Å². The summed E-state index contributed by atoms with van der Waals surface area (Å²) >= 11 is 0. The van der Waals surface area contributed by atoms with E-state index in [2.05, 4.69) is 10.3 Å². The molecule has 2 aliphatic heterocycles. The van der Waals surface area contributed by atoms with E-state index in [1.54, 1.807) is 29.4 Å². The van der Waals surface area contributed by atoms with Gasteiger partial charge in [-0.15, -0.1) is 0 Å². The van der Waals surface area contributed by atoms with Crippen LogP contribution in [0.15, 0.2) is 54.9 Å². The zero-order valence-corrected chi connectivity index (χ0v) is 14.9. The van der Waals surface area contributed by atoms with Gasteiger partial charge >= 0.3 is 0 Å². The van der Waals surface area contributed by atoms with Crippen LogP contribution in [0.2, 0.25) is 0 Å². The maximum atomic E-state index is 12.8. The molecule has 1 N–H and O–H groups in total. The second-order valence-corrected chi connectivity index (χ2v) is 6.83. The van der Waals surface area contributed by atoms with Gasteiger partial charge < -0.3 is 19.7 Å². The van der Waals surface area contributed by atoms with Crippen LogP contribution in [0.25, 0.3) is 10.8 Å². The normalized spacial score (nSPS) is 17.9. The largest absolute Gasteiger partial charge is 0.454 e. The molecule has 3 aromatic rings. The minimum Gasteiger partial charge on any atom is -0.454 e. The van der Waals surface area contributed by atoms with Gasteiger partial charge in [-0.1, -0.05) is 12.1 Å². The summed E-state index contributed by atoms with van der Waals surface area (Å²) in [5, 5.41) is 4.84. The lowest BCUT2D eigenvalue weighted by atomic mass is 10.1. The molecule has 0 saturated carbocycles. The molecule has 2 aliphatic rings. The van der Waals surface area contributed by atoms with Gasteiger partial charge in [-0.05, 0) is 24.3 Å². The fraction of sp³-hybridized carbons (Fsp3) is 0.190. The highest BCUT2D eigenvalue weighted by atomic mass is 16.7. The van der Waals surface area contributed by atoms with Crippen LogP contribution in [-0.4, -0.2) is 30.1 Å². The molecule has 1 aromatic heterocycles. The van der Waals surface area contributed by atoms with E-state index in [4.69, 9.17) is 9.47 Å². The van der Waals surface area contributed by atoms with Crippen LogP contribution in [0.3, 0.4) is 0 Å². The number of hydrogen-bond acceptors (Lipinski definition) is 5. The second-order valence-electron chi connectivity index (χ2n) is 6.83. The highest BCUT2D eigenvalue weighted by Gasteiger charge is 2.35. The molecule has 1 fully saturated rings. The van der Waals surface area contributed by atoms with Crippen molar-refractivity contribution in [3.8, 4) is 11.5 Å². The van der Waals surface area contributed by atoms with Crippen molar-refractivity contribution in [2.24, 2.45) is 5.92 Å². The molecule has 1 unspecified atom stereocenters. The molecule has 28 heavy (non-hydrogen) atoms. The lowest BCUT2D eigenvalue weighted by molar-refractivity contribution is -0.122. The van der Waals surface area contributed by atoms with Crippen molar-refractivity contribution in [2.45, 2.75) is 6.42 Å².